The van der Waals surface area contributed by atoms with Crippen molar-refractivity contribution in [2.45, 2.75) is 19.9 Å². The SMILES string of the molecule is CC(=O)Nc1cccc(CNc2nnc(-c3ccc4c(c3)C(c3ccccc3F)=CC4)s2)c1. The van der Waals surface area contributed by atoms with Crippen molar-refractivity contribution in [3.63, 3.8) is 0 Å². The lowest BCUT2D eigenvalue weighted by Gasteiger charge is -2.09. The molecule has 3 aromatic carbocycles. The third-order valence-electron chi connectivity index (χ3n) is 5.45. The lowest BCUT2D eigenvalue weighted by molar-refractivity contribution is -0.114. The number of benzene rings is 3. The molecule has 2 N–H and O–H groups in total. The summed E-state index contributed by atoms with van der Waals surface area (Å²) < 4.78 is 14.4. The number of allylic oxidation sites excluding steroid dienone is 1. The number of hydrogen-bond donors (Lipinski definition) is 2. The van der Waals surface area contributed by atoms with Crippen LogP contribution in [0.1, 0.15) is 29.2 Å². The summed E-state index contributed by atoms with van der Waals surface area (Å²) in [5.41, 5.74) is 6.50. The molecule has 5 rings (SSSR count). The summed E-state index contributed by atoms with van der Waals surface area (Å²) in [4.78, 5) is 11.3. The Balaban J connectivity index is 1.33. The third-order valence-corrected chi connectivity index (χ3v) is 6.38. The molecule has 0 unspecified atom stereocenters. The summed E-state index contributed by atoms with van der Waals surface area (Å²) in [6.45, 7) is 2.05. The number of halogens is 1. The number of hydrogen-bond acceptors (Lipinski definition) is 5. The highest BCUT2D eigenvalue weighted by molar-refractivity contribution is 7.18. The molecule has 0 aliphatic heterocycles. The van der Waals surface area contributed by atoms with Gasteiger partial charge in [-0.2, -0.15) is 0 Å². The van der Waals surface area contributed by atoms with Crippen LogP contribution in [0.2, 0.25) is 0 Å². The van der Waals surface area contributed by atoms with Crippen molar-refractivity contribution in [2.24, 2.45) is 0 Å². The van der Waals surface area contributed by atoms with E-state index >= 15 is 0 Å². The molecule has 7 heteroatoms. The van der Waals surface area contributed by atoms with E-state index in [-0.39, 0.29) is 11.7 Å². The Kier molecular flexibility index (Phi) is 5.71. The third kappa shape index (κ3) is 4.54. The molecule has 0 spiro atoms. The molecule has 5 nitrogen and oxygen atoms in total. The van der Waals surface area contributed by atoms with Gasteiger partial charge < -0.3 is 10.6 Å². The van der Waals surface area contributed by atoms with Gasteiger partial charge in [-0.1, -0.05) is 59.9 Å². The molecular weight excluding hydrogens is 435 g/mol. The predicted octanol–water partition coefficient (Wildman–Crippen LogP) is 5.90. The molecule has 1 aliphatic carbocycles. The maximum Gasteiger partial charge on any atom is 0.221 e. The van der Waals surface area contributed by atoms with E-state index in [1.807, 2.05) is 42.5 Å². The van der Waals surface area contributed by atoms with Crippen molar-refractivity contribution in [3.8, 4) is 10.6 Å². The molecule has 0 bridgehead atoms. The van der Waals surface area contributed by atoms with Gasteiger partial charge in [-0.05, 0) is 52.9 Å². The molecule has 1 heterocycles. The zero-order chi connectivity index (χ0) is 22.8. The van der Waals surface area contributed by atoms with E-state index in [4.69, 9.17) is 0 Å². The average Bonchev–Trinajstić information content (AvgIpc) is 3.45. The van der Waals surface area contributed by atoms with E-state index in [1.165, 1.54) is 29.9 Å². The fourth-order valence-corrected chi connectivity index (χ4v) is 4.68. The largest absolute Gasteiger partial charge is 0.356 e. The molecule has 0 saturated carbocycles. The van der Waals surface area contributed by atoms with Crippen LogP contribution in [0, 0.1) is 5.82 Å². The maximum atomic E-state index is 14.4. The van der Waals surface area contributed by atoms with Gasteiger partial charge in [0.2, 0.25) is 11.0 Å². The van der Waals surface area contributed by atoms with Crippen LogP contribution in [0.4, 0.5) is 15.2 Å². The first-order chi connectivity index (χ1) is 16.1. The number of anilines is 2. The lowest BCUT2D eigenvalue weighted by Crippen LogP contribution is -2.06. The number of carbonyl (C=O) groups excluding carboxylic acids is 1. The second-order valence-corrected chi connectivity index (χ2v) is 8.80. The van der Waals surface area contributed by atoms with Crippen LogP contribution < -0.4 is 10.6 Å². The lowest BCUT2D eigenvalue weighted by atomic mass is 9.97. The van der Waals surface area contributed by atoms with Crippen LogP contribution in [-0.2, 0) is 17.8 Å². The Morgan fingerprint density at radius 1 is 1.03 bits per heavy atom. The second kappa shape index (κ2) is 8.96. The minimum Gasteiger partial charge on any atom is -0.356 e. The second-order valence-electron chi connectivity index (χ2n) is 7.82. The van der Waals surface area contributed by atoms with Gasteiger partial charge in [0.1, 0.15) is 10.8 Å². The Morgan fingerprint density at radius 2 is 1.91 bits per heavy atom. The highest BCUT2D eigenvalue weighted by Gasteiger charge is 2.19. The van der Waals surface area contributed by atoms with Crippen LogP contribution in [0.5, 0.6) is 0 Å². The van der Waals surface area contributed by atoms with Gasteiger partial charge in [0.15, 0.2) is 0 Å². The molecule has 0 radical (unpaired) electrons. The van der Waals surface area contributed by atoms with Gasteiger partial charge in [-0.15, -0.1) is 10.2 Å². The fourth-order valence-electron chi connectivity index (χ4n) is 3.95. The monoisotopic (exact) mass is 456 g/mol. The van der Waals surface area contributed by atoms with Crippen molar-refractivity contribution >= 4 is 33.6 Å². The summed E-state index contributed by atoms with van der Waals surface area (Å²) in [7, 11) is 0. The molecule has 0 fully saturated rings. The molecule has 0 saturated heterocycles. The first-order valence-corrected chi connectivity index (χ1v) is 11.4. The van der Waals surface area contributed by atoms with E-state index < -0.39 is 0 Å². The van der Waals surface area contributed by atoms with Crippen LogP contribution >= 0.6 is 11.3 Å². The minimum absolute atomic E-state index is 0.101. The number of nitrogens with zero attached hydrogens (tertiary/aromatic N) is 2. The number of carbonyl (C=O) groups is 1. The summed E-state index contributed by atoms with van der Waals surface area (Å²) in [5, 5.41) is 16.2. The fraction of sp³-hybridized carbons (Fsp3) is 0.115. The average molecular weight is 457 g/mol. The van der Waals surface area contributed by atoms with Crippen molar-refractivity contribution in [1.82, 2.24) is 10.2 Å². The maximum absolute atomic E-state index is 14.4. The van der Waals surface area contributed by atoms with Gasteiger partial charge in [-0.3, -0.25) is 4.79 Å². The Morgan fingerprint density at radius 3 is 2.76 bits per heavy atom. The smallest absolute Gasteiger partial charge is 0.221 e. The summed E-state index contributed by atoms with van der Waals surface area (Å²) in [6.07, 6.45) is 2.87. The first-order valence-electron chi connectivity index (χ1n) is 10.6. The van der Waals surface area contributed by atoms with Gasteiger partial charge in [-0.25, -0.2) is 4.39 Å². The highest BCUT2D eigenvalue weighted by atomic mass is 32.1. The topological polar surface area (TPSA) is 66.9 Å². The molecule has 1 aliphatic rings. The summed E-state index contributed by atoms with van der Waals surface area (Å²) >= 11 is 1.47. The van der Waals surface area contributed by atoms with E-state index in [2.05, 4.69) is 39.0 Å². The van der Waals surface area contributed by atoms with Gasteiger partial charge in [0.05, 0.1) is 0 Å². The number of rotatable bonds is 6. The van der Waals surface area contributed by atoms with Crippen LogP contribution in [0.15, 0.2) is 72.8 Å². The number of nitrogens with one attached hydrogen (secondary N) is 2. The van der Waals surface area contributed by atoms with Gasteiger partial charge in [0, 0.05) is 30.3 Å². The zero-order valence-corrected chi connectivity index (χ0v) is 18.7. The normalized spacial score (nSPS) is 12.2. The highest BCUT2D eigenvalue weighted by Crippen LogP contribution is 2.37. The molecule has 0 atom stereocenters. The quantitative estimate of drug-likeness (QED) is 0.379. The number of aromatic nitrogens is 2. The van der Waals surface area contributed by atoms with E-state index in [0.29, 0.717) is 17.2 Å². The van der Waals surface area contributed by atoms with E-state index in [9.17, 15) is 9.18 Å². The Labute approximate surface area is 195 Å². The predicted molar refractivity (Wildman–Crippen MR) is 131 cm³/mol. The molecular formula is C26H21FN4OS. The van der Waals surface area contributed by atoms with Crippen molar-refractivity contribution < 1.29 is 9.18 Å². The Bertz CT molecular complexity index is 1380. The Hall–Kier alpha value is -3.84. The number of fused-ring (bicyclic) bond motifs is 1. The van der Waals surface area contributed by atoms with Gasteiger partial charge in [0.25, 0.3) is 0 Å². The molecule has 4 aromatic rings. The van der Waals surface area contributed by atoms with E-state index in [0.717, 1.165) is 39.4 Å². The molecule has 164 valence electrons. The zero-order valence-electron chi connectivity index (χ0n) is 17.9. The van der Waals surface area contributed by atoms with Gasteiger partial charge >= 0.3 is 0 Å². The molecule has 1 aromatic heterocycles. The minimum atomic E-state index is -0.216. The van der Waals surface area contributed by atoms with E-state index in [1.54, 1.807) is 6.07 Å². The van der Waals surface area contributed by atoms with Crippen molar-refractivity contribution in [3.05, 3.63) is 101 Å². The standard InChI is InChI=1S/C26H21FN4OS/c1-16(32)29-20-6-4-5-17(13-20)15-28-26-31-30-25(33-26)19-10-9-18-11-12-21(23(18)14-19)22-7-2-3-8-24(22)27/h2-10,12-14H,11,15H2,1H3,(H,28,31)(H,29,32). The summed E-state index contributed by atoms with van der Waals surface area (Å²) in [5.74, 6) is -0.316. The number of amides is 1. The van der Waals surface area contributed by atoms with Crippen LogP contribution in [0.3, 0.4) is 0 Å². The van der Waals surface area contributed by atoms with Crippen LogP contribution in [-0.4, -0.2) is 16.1 Å². The van der Waals surface area contributed by atoms with Crippen LogP contribution in [0.25, 0.3) is 16.1 Å². The first kappa shape index (κ1) is 21.0. The molecule has 33 heavy (non-hydrogen) atoms. The van der Waals surface area contributed by atoms with Crippen molar-refractivity contribution in [2.75, 3.05) is 10.6 Å². The van der Waals surface area contributed by atoms with Crippen molar-refractivity contribution in [1.29, 1.82) is 0 Å². The molecule has 1 amide bonds. The summed E-state index contributed by atoms with van der Waals surface area (Å²) in [6, 6.07) is 20.7.